The van der Waals surface area contributed by atoms with Gasteiger partial charge in [-0.3, -0.25) is 4.57 Å². The maximum atomic E-state index is 5.72. The van der Waals surface area contributed by atoms with E-state index in [0.717, 1.165) is 4.88 Å². The predicted molar refractivity (Wildman–Crippen MR) is 69.4 cm³/mol. The highest BCUT2D eigenvalue weighted by molar-refractivity contribution is 7.15. The lowest BCUT2D eigenvalue weighted by Crippen LogP contribution is -2.06. The van der Waals surface area contributed by atoms with Gasteiger partial charge in [-0.1, -0.05) is 0 Å². The number of thiophene rings is 1. The number of anilines is 1. The SMILES string of the molecule is Cc1ccc(-c2nc(N)nc(-n3ccnc3)n2)s1. The van der Waals surface area contributed by atoms with Crippen LogP contribution >= 0.6 is 11.3 Å². The van der Waals surface area contributed by atoms with Gasteiger partial charge in [0.1, 0.15) is 6.33 Å². The van der Waals surface area contributed by atoms with E-state index >= 15 is 0 Å². The molecule has 0 aliphatic rings. The smallest absolute Gasteiger partial charge is 0.240 e. The molecule has 3 rings (SSSR count). The summed E-state index contributed by atoms with van der Waals surface area (Å²) in [6, 6.07) is 4.00. The van der Waals surface area contributed by atoms with Gasteiger partial charge in [-0.2, -0.15) is 15.0 Å². The topological polar surface area (TPSA) is 82.5 Å². The minimum atomic E-state index is 0.203. The molecule has 0 aliphatic heterocycles. The molecule has 0 aliphatic carbocycles. The van der Waals surface area contributed by atoms with Gasteiger partial charge in [0, 0.05) is 17.3 Å². The van der Waals surface area contributed by atoms with E-state index in [9.17, 15) is 0 Å². The number of nitrogens with two attached hydrogens (primary N) is 1. The van der Waals surface area contributed by atoms with Gasteiger partial charge in [0.25, 0.3) is 0 Å². The quantitative estimate of drug-likeness (QED) is 0.756. The molecule has 7 heteroatoms. The minimum Gasteiger partial charge on any atom is -0.368 e. The highest BCUT2D eigenvalue weighted by atomic mass is 32.1. The van der Waals surface area contributed by atoms with Crippen LogP contribution in [0, 0.1) is 6.92 Å². The molecule has 0 unspecified atom stereocenters. The van der Waals surface area contributed by atoms with Gasteiger partial charge in [0.05, 0.1) is 4.88 Å². The van der Waals surface area contributed by atoms with Gasteiger partial charge in [-0.15, -0.1) is 11.3 Å². The van der Waals surface area contributed by atoms with E-state index < -0.39 is 0 Å². The van der Waals surface area contributed by atoms with Gasteiger partial charge in [-0.25, -0.2) is 4.98 Å². The Kier molecular flexibility index (Phi) is 2.52. The normalized spacial score (nSPS) is 10.7. The first-order valence-corrected chi connectivity index (χ1v) is 6.11. The zero-order valence-corrected chi connectivity index (χ0v) is 10.4. The maximum Gasteiger partial charge on any atom is 0.240 e. The standard InChI is InChI=1S/C11H10N6S/c1-7-2-3-8(18-7)9-14-10(12)16-11(15-9)17-5-4-13-6-17/h2-6H,1H3,(H2,12,14,15,16). The van der Waals surface area contributed by atoms with Gasteiger partial charge < -0.3 is 5.73 Å². The molecule has 0 aromatic carbocycles. The molecular weight excluding hydrogens is 248 g/mol. The summed E-state index contributed by atoms with van der Waals surface area (Å²) in [7, 11) is 0. The summed E-state index contributed by atoms with van der Waals surface area (Å²) in [5.74, 6) is 1.26. The van der Waals surface area contributed by atoms with Gasteiger partial charge in [0.15, 0.2) is 5.82 Å². The summed E-state index contributed by atoms with van der Waals surface area (Å²) in [4.78, 5) is 18.8. The van der Waals surface area contributed by atoms with Crippen LogP contribution in [-0.2, 0) is 0 Å². The molecule has 3 aromatic heterocycles. The van der Waals surface area contributed by atoms with Crippen molar-refractivity contribution in [2.45, 2.75) is 6.92 Å². The van der Waals surface area contributed by atoms with E-state index in [4.69, 9.17) is 5.73 Å². The first-order chi connectivity index (χ1) is 8.72. The lowest BCUT2D eigenvalue weighted by Gasteiger charge is -2.03. The summed E-state index contributed by atoms with van der Waals surface area (Å²) in [5, 5.41) is 0. The summed E-state index contributed by atoms with van der Waals surface area (Å²) >= 11 is 1.62. The van der Waals surface area contributed by atoms with Crippen molar-refractivity contribution in [3.63, 3.8) is 0 Å². The third kappa shape index (κ3) is 1.95. The molecule has 0 saturated heterocycles. The van der Waals surface area contributed by atoms with Crippen molar-refractivity contribution in [1.29, 1.82) is 0 Å². The van der Waals surface area contributed by atoms with Crippen molar-refractivity contribution in [2.24, 2.45) is 0 Å². The van der Waals surface area contributed by atoms with Crippen molar-refractivity contribution in [3.05, 3.63) is 35.7 Å². The molecule has 3 aromatic rings. The first-order valence-electron chi connectivity index (χ1n) is 5.29. The Morgan fingerprint density at radius 1 is 1.22 bits per heavy atom. The number of hydrogen-bond donors (Lipinski definition) is 1. The Morgan fingerprint density at radius 3 is 2.78 bits per heavy atom. The number of aromatic nitrogens is 5. The molecule has 3 heterocycles. The number of hydrogen-bond acceptors (Lipinski definition) is 6. The second-order valence-corrected chi connectivity index (χ2v) is 4.99. The van der Waals surface area contributed by atoms with Crippen molar-refractivity contribution in [1.82, 2.24) is 24.5 Å². The van der Waals surface area contributed by atoms with Gasteiger partial charge >= 0.3 is 0 Å². The van der Waals surface area contributed by atoms with Crippen LogP contribution in [0.3, 0.4) is 0 Å². The van der Waals surface area contributed by atoms with Crippen molar-refractivity contribution >= 4 is 17.3 Å². The van der Waals surface area contributed by atoms with Crippen LogP contribution in [-0.4, -0.2) is 24.5 Å². The van der Waals surface area contributed by atoms with E-state index in [0.29, 0.717) is 11.8 Å². The summed E-state index contributed by atoms with van der Waals surface area (Å²) in [6.45, 7) is 2.04. The second kappa shape index (κ2) is 4.19. The first kappa shape index (κ1) is 10.8. The Balaban J connectivity index is 2.11. The third-order valence-electron chi connectivity index (χ3n) is 2.34. The van der Waals surface area contributed by atoms with Gasteiger partial charge in [-0.05, 0) is 19.1 Å². The molecule has 0 spiro atoms. The highest BCUT2D eigenvalue weighted by Gasteiger charge is 2.09. The Hall–Kier alpha value is -2.28. The van der Waals surface area contributed by atoms with Crippen LogP contribution in [0.4, 0.5) is 5.95 Å². The lowest BCUT2D eigenvalue weighted by atomic mass is 10.4. The van der Waals surface area contributed by atoms with E-state index in [1.807, 2.05) is 19.1 Å². The molecule has 0 atom stereocenters. The largest absolute Gasteiger partial charge is 0.368 e. The minimum absolute atomic E-state index is 0.203. The molecule has 0 amide bonds. The molecule has 6 nitrogen and oxygen atoms in total. The second-order valence-electron chi connectivity index (χ2n) is 3.70. The highest BCUT2D eigenvalue weighted by Crippen LogP contribution is 2.25. The molecule has 0 bridgehead atoms. The van der Waals surface area contributed by atoms with Crippen LogP contribution in [0.5, 0.6) is 0 Å². The summed E-state index contributed by atoms with van der Waals surface area (Å²) < 4.78 is 1.70. The van der Waals surface area contributed by atoms with E-state index in [2.05, 4.69) is 19.9 Å². The van der Waals surface area contributed by atoms with Crippen LogP contribution in [0.15, 0.2) is 30.9 Å². The number of imidazole rings is 1. The van der Waals surface area contributed by atoms with Crippen LogP contribution in [0.1, 0.15) is 4.88 Å². The fraction of sp³-hybridized carbons (Fsp3) is 0.0909. The monoisotopic (exact) mass is 258 g/mol. The fourth-order valence-electron chi connectivity index (χ4n) is 1.54. The maximum absolute atomic E-state index is 5.72. The number of rotatable bonds is 2. The molecule has 90 valence electrons. The lowest BCUT2D eigenvalue weighted by molar-refractivity contribution is 0.908. The Bertz CT molecular complexity index is 673. The molecule has 2 N–H and O–H groups in total. The Morgan fingerprint density at radius 2 is 2.11 bits per heavy atom. The molecule has 0 saturated carbocycles. The van der Waals surface area contributed by atoms with E-state index in [-0.39, 0.29) is 5.95 Å². The molecule has 0 radical (unpaired) electrons. The average molecular weight is 258 g/mol. The third-order valence-corrected chi connectivity index (χ3v) is 3.33. The number of nitrogen functional groups attached to an aromatic ring is 1. The molecule has 0 fully saturated rings. The fourth-order valence-corrected chi connectivity index (χ4v) is 2.34. The predicted octanol–water partition coefficient (Wildman–Crippen LogP) is 1.68. The molecule has 18 heavy (non-hydrogen) atoms. The summed E-state index contributed by atoms with van der Waals surface area (Å²) in [5.41, 5.74) is 5.72. The number of nitrogens with zero attached hydrogens (tertiary/aromatic N) is 5. The van der Waals surface area contributed by atoms with Crippen molar-refractivity contribution in [2.75, 3.05) is 5.73 Å². The van der Waals surface area contributed by atoms with Crippen LogP contribution in [0.2, 0.25) is 0 Å². The zero-order chi connectivity index (χ0) is 12.5. The summed E-state index contributed by atoms with van der Waals surface area (Å²) in [6.07, 6.45) is 5.05. The van der Waals surface area contributed by atoms with E-state index in [1.165, 1.54) is 4.88 Å². The average Bonchev–Trinajstić information content (AvgIpc) is 2.98. The van der Waals surface area contributed by atoms with Gasteiger partial charge in [0.2, 0.25) is 11.9 Å². The number of aryl methyl sites for hydroxylation is 1. The van der Waals surface area contributed by atoms with E-state index in [1.54, 1.807) is 34.6 Å². The zero-order valence-electron chi connectivity index (χ0n) is 9.61. The van der Waals surface area contributed by atoms with Crippen molar-refractivity contribution in [3.8, 4) is 16.6 Å². The Labute approximate surface area is 107 Å². The van der Waals surface area contributed by atoms with Crippen molar-refractivity contribution < 1.29 is 0 Å². The molecular formula is C11H10N6S. The van der Waals surface area contributed by atoms with Crippen LogP contribution < -0.4 is 5.73 Å². The van der Waals surface area contributed by atoms with Crippen LogP contribution in [0.25, 0.3) is 16.6 Å².